The van der Waals surface area contributed by atoms with Gasteiger partial charge in [0.05, 0.1) is 0 Å². The Morgan fingerprint density at radius 1 is 1.07 bits per heavy atom. The average molecular weight is 430 g/mol. The highest BCUT2D eigenvalue weighted by molar-refractivity contribution is 6.20. The third-order valence-electron chi connectivity index (χ3n) is 6.18. The monoisotopic (exact) mass is 429 g/mol. The number of carbonyl (C=O) groups excluding carboxylic acids is 1. The number of nitrogens with zero attached hydrogens (tertiary/aromatic N) is 1. The molecular formula is C21H37ClFN5O. The van der Waals surface area contributed by atoms with Gasteiger partial charge in [0.1, 0.15) is 12.3 Å². The molecule has 6 nitrogen and oxygen atoms in total. The topological polar surface area (TPSA) is 77.6 Å². The van der Waals surface area contributed by atoms with Gasteiger partial charge in [-0.2, -0.15) is 0 Å². The normalized spacial score (nSPS) is 36.7. The molecule has 3 rings (SSSR count). The summed E-state index contributed by atoms with van der Waals surface area (Å²) in [5, 5.41) is 6.56. The molecule has 4 atom stereocenters. The molecule has 1 aliphatic heterocycles. The first-order valence-electron chi connectivity index (χ1n) is 11.2. The van der Waals surface area contributed by atoms with Crippen LogP contribution in [0.1, 0.15) is 78.6 Å². The number of hydrogen-bond donors (Lipinski definition) is 4. The number of nitrogens with one attached hydrogen (secondary N) is 4. The van der Waals surface area contributed by atoms with Crippen LogP contribution in [0.3, 0.4) is 0 Å². The molecule has 1 amide bonds. The number of aliphatic imine (C=N–C) groups is 1. The van der Waals surface area contributed by atoms with Crippen LogP contribution in [0.2, 0.25) is 0 Å². The van der Waals surface area contributed by atoms with Crippen molar-refractivity contribution in [2.45, 2.75) is 108 Å². The van der Waals surface area contributed by atoms with Crippen molar-refractivity contribution in [3.8, 4) is 0 Å². The van der Waals surface area contributed by atoms with Crippen molar-refractivity contribution in [1.29, 1.82) is 0 Å². The Bertz CT molecular complexity index is 588. The van der Waals surface area contributed by atoms with E-state index in [2.05, 4.69) is 21.5 Å². The van der Waals surface area contributed by atoms with E-state index in [1.54, 1.807) is 0 Å². The summed E-state index contributed by atoms with van der Waals surface area (Å²) in [7, 11) is 0. The minimum Gasteiger partial charge on any atom is -0.351 e. The van der Waals surface area contributed by atoms with Gasteiger partial charge in [0.15, 0.2) is 5.96 Å². The van der Waals surface area contributed by atoms with Crippen molar-refractivity contribution < 1.29 is 9.18 Å². The molecule has 166 valence electrons. The minimum atomic E-state index is -0.875. The quantitative estimate of drug-likeness (QED) is 0.315. The summed E-state index contributed by atoms with van der Waals surface area (Å²) in [5.74, 6) is 0.660. The first-order chi connectivity index (χ1) is 13.7. The maximum atomic E-state index is 13.7. The molecule has 3 fully saturated rings. The van der Waals surface area contributed by atoms with Crippen molar-refractivity contribution >= 4 is 23.5 Å². The largest absolute Gasteiger partial charge is 0.351 e. The van der Waals surface area contributed by atoms with Crippen molar-refractivity contribution in [2.24, 2.45) is 16.8 Å². The number of rotatable bonds is 3. The predicted molar refractivity (Wildman–Crippen MR) is 115 cm³/mol. The lowest BCUT2D eigenvalue weighted by Crippen LogP contribution is -2.52. The maximum absolute atomic E-state index is 13.7. The van der Waals surface area contributed by atoms with Crippen LogP contribution in [0.25, 0.3) is 0 Å². The molecule has 0 radical (unpaired) electrons. The number of carbonyl (C=O) groups is 1. The van der Waals surface area contributed by atoms with Gasteiger partial charge < -0.3 is 5.32 Å². The Labute approximate surface area is 179 Å². The fraction of sp³-hybridized carbons (Fsp3) is 0.905. The van der Waals surface area contributed by atoms with Crippen molar-refractivity contribution in [3.63, 3.8) is 0 Å². The number of hydrazine groups is 1. The molecule has 2 saturated carbocycles. The van der Waals surface area contributed by atoms with Gasteiger partial charge in [0.2, 0.25) is 5.91 Å². The van der Waals surface area contributed by atoms with Gasteiger partial charge in [-0.1, -0.05) is 0 Å². The second-order valence-corrected chi connectivity index (χ2v) is 10.6. The molecule has 3 aliphatic rings. The van der Waals surface area contributed by atoms with E-state index in [-0.39, 0.29) is 23.5 Å². The smallest absolute Gasteiger partial charge is 0.229 e. The molecular weight excluding hydrogens is 393 g/mol. The fourth-order valence-electron chi connectivity index (χ4n) is 4.63. The summed E-state index contributed by atoms with van der Waals surface area (Å²) >= 11 is 6.24. The molecule has 0 aromatic heterocycles. The van der Waals surface area contributed by atoms with Gasteiger partial charge in [-0.15, -0.1) is 11.6 Å². The Kier molecular flexibility index (Phi) is 7.79. The molecule has 1 saturated heterocycles. The van der Waals surface area contributed by atoms with Crippen LogP contribution in [-0.2, 0) is 4.79 Å². The van der Waals surface area contributed by atoms with Crippen LogP contribution in [0.15, 0.2) is 4.99 Å². The van der Waals surface area contributed by atoms with Gasteiger partial charge >= 0.3 is 0 Å². The van der Waals surface area contributed by atoms with Crippen LogP contribution >= 0.6 is 11.6 Å². The number of guanidine groups is 1. The van der Waals surface area contributed by atoms with Gasteiger partial charge in [0.25, 0.3) is 0 Å². The first-order valence-corrected chi connectivity index (χ1v) is 11.6. The summed E-state index contributed by atoms with van der Waals surface area (Å²) < 4.78 is 13.7. The second kappa shape index (κ2) is 9.92. The highest BCUT2D eigenvalue weighted by atomic mass is 35.5. The number of alkyl halides is 2. The summed E-state index contributed by atoms with van der Waals surface area (Å²) in [5.41, 5.74) is 6.42. The third-order valence-corrected chi connectivity index (χ3v) is 6.62. The van der Waals surface area contributed by atoms with Crippen LogP contribution in [0, 0.1) is 11.8 Å². The van der Waals surface area contributed by atoms with Crippen LogP contribution in [-0.4, -0.2) is 41.2 Å². The molecule has 4 N–H and O–H groups in total. The van der Waals surface area contributed by atoms with E-state index in [0.717, 1.165) is 44.9 Å². The minimum absolute atomic E-state index is 0.112. The van der Waals surface area contributed by atoms with E-state index >= 15 is 0 Å². The van der Waals surface area contributed by atoms with E-state index in [1.165, 1.54) is 0 Å². The van der Waals surface area contributed by atoms with Crippen LogP contribution in [0.5, 0.6) is 0 Å². The van der Waals surface area contributed by atoms with Gasteiger partial charge in [-0.25, -0.2) is 14.8 Å². The number of halogens is 2. The zero-order valence-electron chi connectivity index (χ0n) is 17.9. The lowest BCUT2D eigenvalue weighted by Gasteiger charge is -2.29. The molecule has 0 aromatic carbocycles. The molecule has 0 spiro atoms. The van der Waals surface area contributed by atoms with Crippen LogP contribution < -0.4 is 21.5 Å². The predicted octanol–water partition coefficient (Wildman–Crippen LogP) is 3.37. The zero-order chi connectivity index (χ0) is 21.0. The highest BCUT2D eigenvalue weighted by Gasteiger charge is 2.33. The van der Waals surface area contributed by atoms with E-state index in [1.807, 2.05) is 20.8 Å². The summed E-state index contributed by atoms with van der Waals surface area (Å²) in [4.78, 5) is 17.5. The van der Waals surface area contributed by atoms with Crippen molar-refractivity contribution in [3.05, 3.63) is 0 Å². The highest BCUT2D eigenvalue weighted by Crippen LogP contribution is 2.32. The zero-order valence-corrected chi connectivity index (χ0v) is 18.7. The Morgan fingerprint density at radius 3 is 2.45 bits per heavy atom. The Morgan fingerprint density at radius 2 is 1.79 bits per heavy atom. The molecule has 0 aromatic rings. The van der Waals surface area contributed by atoms with E-state index in [0.29, 0.717) is 36.1 Å². The van der Waals surface area contributed by atoms with Gasteiger partial charge in [-0.05, 0) is 78.1 Å². The summed E-state index contributed by atoms with van der Waals surface area (Å²) in [6.45, 7) is 6.09. The Hall–Kier alpha value is -0.920. The molecule has 0 bridgehead atoms. The standard InChI is InChI=1S/C21H37ClFN5O/c1-21(2,3)26-20(25-19(29)14-5-4-6-16(23)11-14)24-18-12-17(27-28-18)13-7-9-15(22)10-8-13/h13-18,27-28H,4-12H2,1-3H3,(H2,24,25,26,29). The van der Waals surface area contributed by atoms with E-state index < -0.39 is 6.17 Å². The number of hydrogen-bond acceptors (Lipinski definition) is 4. The first kappa shape index (κ1) is 22.8. The lowest BCUT2D eigenvalue weighted by molar-refractivity contribution is -0.125. The molecule has 29 heavy (non-hydrogen) atoms. The summed E-state index contributed by atoms with van der Waals surface area (Å²) in [6, 6.07) is 0.366. The third kappa shape index (κ3) is 7.07. The van der Waals surface area contributed by atoms with Crippen molar-refractivity contribution in [2.75, 3.05) is 0 Å². The lowest BCUT2D eigenvalue weighted by atomic mass is 9.83. The van der Waals surface area contributed by atoms with E-state index in [9.17, 15) is 9.18 Å². The fourth-order valence-corrected chi connectivity index (χ4v) is 4.88. The van der Waals surface area contributed by atoms with Crippen LogP contribution in [0.4, 0.5) is 4.39 Å². The molecule has 8 heteroatoms. The summed E-state index contributed by atoms with van der Waals surface area (Å²) in [6.07, 6.45) is 6.68. The van der Waals surface area contributed by atoms with Gasteiger partial charge in [-0.3, -0.25) is 15.5 Å². The van der Waals surface area contributed by atoms with Crippen molar-refractivity contribution in [1.82, 2.24) is 21.5 Å². The second-order valence-electron chi connectivity index (χ2n) is 9.96. The molecule has 4 unspecified atom stereocenters. The molecule has 1 heterocycles. The average Bonchev–Trinajstić information content (AvgIpc) is 3.09. The molecule has 2 aliphatic carbocycles. The Balaban J connectivity index is 1.60. The van der Waals surface area contributed by atoms with Gasteiger partial charge in [0, 0.05) is 29.3 Å². The number of amides is 1. The maximum Gasteiger partial charge on any atom is 0.229 e. The van der Waals surface area contributed by atoms with E-state index in [4.69, 9.17) is 16.6 Å². The SMILES string of the molecule is CC(C)(C)N/C(=N\C1CC(C2CCC(Cl)CC2)NN1)NC(=O)C1CCCC(F)C1.